The van der Waals surface area contributed by atoms with E-state index in [0.717, 1.165) is 25.0 Å². The average Bonchev–Trinajstić information content (AvgIpc) is 3.34. The number of carbonyl (C=O) groups is 3. The molecule has 0 saturated carbocycles. The van der Waals surface area contributed by atoms with Crippen molar-refractivity contribution in [1.29, 1.82) is 5.26 Å². The molecule has 10 heteroatoms. The zero-order valence-electron chi connectivity index (χ0n) is 18.2. The zero-order valence-corrected chi connectivity index (χ0v) is 18.2. The molecule has 1 amide bonds. The quantitative estimate of drug-likeness (QED) is 0.113. The molecule has 10 nitrogen and oxygen atoms in total. The lowest BCUT2D eigenvalue weighted by Crippen LogP contribution is -2.32. The summed E-state index contributed by atoms with van der Waals surface area (Å²) in [5, 5.41) is 19.1. The standard InChI is InChI=1S/C24H21N3O7/c1-2-3-10-32-15-6-4-5-14(12-15)16-9-11-33-21(16)24(31)34-23(30)17-7-8-19(28)18(13-25)20(17)22(29)27-26/h4-9,11-12,28H,2-3,10,26H2,1H3,(H,27,29). The second kappa shape index (κ2) is 10.8. The molecule has 0 aliphatic rings. The zero-order chi connectivity index (χ0) is 24.7. The first-order valence-corrected chi connectivity index (χ1v) is 10.3. The van der Waals surface area contributed by atoms with Crippen molar-refractivity contribution in [3.05, 3.63) is 71.2 Å². The summed E-state index contributed by atoms with van der Waals surface area (Å²) in [6.07, 6.45) is 3.14. The summed E-state index contributed by atoms with van der Waals surface area (Å²) in [5.74, 6) is 1.56. The number of nitrogens with one attached hydrogen (secondary N) is 1. The third kappa shape index (κ3) is 5.06. The predicted molar refractivity (Wildman–Crippen MR) is 119 cm³/mol. The fourth-order valence-corrected chi connectivity index (χ4v) is 3.15. The van der Waals surface area contributed by atoms with Gasteiger partial charge in [-0.05, 0) is 42.3 Å². The summed E-state index contributed by atoms with van der Waals surface area (Å²) >= 11 is 0. The fourth-order valence-electron chi connectivity index (χ4n) is 3.15. The summed E-state index contributed by atoms with van der Waals surface area (Å²) in [4.78, 5) is 37.6. The van der Waals surface area contributed by atoms with Gasteiger partial charge in [-0.2, -0.15) is 5.26 Å². The Labute approximate surface area is 194 Å². The molecule has 0 spiro atoms. The van der Waals surface area contributed by atoms with E-state index in [4.69, 9.17) is 19.7 Å². The van der Waals surface area contributed by atoms with Crippen LogP contribution in [-0.2, 0) is 4.74 Å². The lowest BCUT2D eigenvalue weighted by atomic mass is 10.00. The van der Waals surface area contributed by atoms with E-state index in [1.807, 2.05) is 0 Å². The minimum absolute atomic E-state index is 0.247. The number of amides is 1. The number of nitriles is 1. The maximum absolute atomic E-state index is 12.7. The van der Waals surface area contributed by atoms with Crippen LogP contribution < -0.4 is 16.0 Å². The molecule has 3 rings (SSSR count). The van der Waals surface area contributed by atoms with Gasteiger partial charge in [0, 0.05) is 5.56 Å². The number of phenolic OH excluding ortho intramolecular Hbond substituents is 1. The van der Waals surface area contributed by atoms with E-state index in [2.05, 4.69) is 6.92 Å². The van der Waals surface area contributed by atoms with Crippen molar-refractivity contribution in [2.45, 2.75) is 19.8 Å². The molecule has 0 fully saturated rings. The van der Waals surface area contributed by atoms with Crippen LogP contribution in [0.3, 0.4) is 0 Å². The van der Waals surface area contributed by atoms with Crippen LogP contribution in [0.2, 0.25) is 0 Å². The molecular formula is C24H21N3O7. The molecule has 4 N–H and O–H groups in total. The lowest BCUT2D eigenvalue weighted by Gasteiger charge is -2.10. The van der Waals surface area contributed by atoms with Crippen LogP contribution in [0.5, 0.6) is 11.5 Å². The molecule has 0 saturated heterocycles. The van der Waals surface area contributed by atoms with E-state index in [1.165, 1.54) is 12.3 Å². The molecule has 3 aromatic rings. The van der Waals surface area contributed by atoms with Crippen LogP contribution in [0.25, 0.3) is 11.1 Å². The van der Waals surface area contributed by atoms with Gasteiger partial charge >= 0.3 is 11.9 Å². The molecule has 1 heterocycles. The van der Waals surface area contributed by atoms with Crippen molar-refractivity contribution < 1.29 is 33.4 Å². The van der Waals surface area contributed by atoms with E-state index >= 15 is 0 Å². The number of nitrogens with two attached hydrogens (primary N) is 1. The molecule has 0 unspecified atom stereocenters. The first-order chi connectivity index (χ1) is 16.4. The maximum Gasteiger partial charge on any atom is 0.382 e. The Morgan fingerprint density at radius 3 is 2.68 bits per heavy atom. The smallest absolute Gasteiger partial charge is 0.382 e. The molecule has 2 aromatic carbocycles. The lowest BCUT2D eigenvalue weighted by molar-refractivity contribution is 0.0374. The Morgan fingerprint density at radius 1 is 1.18 bits per heavy atom. The average molecular weight is 463 g/mol. The predicted octanol–water partition coefficient (Wildman–Crippen LogP) is 3.30. The molecule has 0 radical (unpaired) electrons. The van der Waals surface area contributed by atoms with Crippen molar-refractivity contribution >= 4 is 17.8 Å². The number of hydrogen-bond donors (Lipinski definition) is 3. The van der Waals surface area contributed by atoms with E-state index < -0.39 is 40.3 Å². The highest BCUT2D eigenvalue weighted by Crippen LogP contribution is 2.30. The molecule has 1 aromatic heterocycles. The maximum atomic E-state index is 12.7. The number of hydrazine groups is 1. The van der Waals surface area contributed by atoms with Gasteiger partial charge in [0.1, 0.15) is 23.1 Å². The van der Waals surface area contributed by atoms with Gasteiger partial charge in [0.05, 0.1) is 24.0 Å². The summed E-state index contributed by atoms with van der Waals surface area (Å²) in [6, 6.07) is 12.2. The van der Waals surface area contributed by atoms with Crippen molar-refractivity contribution in [3.8, 4) is 28.7 Å². The van der Waals surface area contributed by atoms with Gasteiger partial charge in [0.2, 0.25) is 5.76 Å². The summed E-state index contributed by atoms with van der Waals surface area (Å²) in [6.45, 7) is 2.60. The van der Waals surface area contributed by atoms with Gasteiger partial charge in [-0.15, -0.1) is 0 Å². The van der Waals surface area contributed by atoms with E-state index in [1.54, 1.807) is 35.8 Å². The molecule has 0 aliphatic carbocycles. The Hall–Kier alpha value is -4.62. The molecule has 0 atom stereocenters. The summed E-state index contributed by atoms with van der Waals surface area (Å²) in [7, 11) is 0. The second-order valence-corrected chi connectivity index (χ2v) is 7.04. The molecular weight excluding hydrogens is 442 g/mol. The monoisotopic (exact) mass is 463 g/mol. The number of nitrogens with zero attached hydrogens (tertiary/aromatic N) is 1. The summed E-state index contributed by atoms with van der Waals surface area (Å²) < 4.78 is 15.9. The van der Waals surface area contributed by atoms with Gasteiger partial charge in [0.15, 0.2) is 0 Å². The van der Waals surface area contributed by atoms with Gasteiger partial charge in [-0.3, -0.25) is 10.2 Å². The molecule has 174 valence electrons. The van der Waals surface area contributed by atoms with Crippen LogP contribution in [0.1, 0.15) is 56.6 Å². The van der Waals surface area contributed by atoms with Crippen molar-refractivity contribution in [1.82, 2.24) is 5.43 Å². The second-order valence-electron chi connectivity index (χ2n) is 7.04. The molecule has 0 bridgehead atoms. The van der Waals surface area contributed by atoms with E-state index in [9.17, 15) is 24.8 Å². The Morgan fingerprint density at radius 2 is 1.97 bits per heavy atom. The first kappa shape index (κ1) is 24.0. The van der Waals surface area contributed by atoms with Crippen LogP contribution in [-0.4, -0.2) is 29.6 Å². The van der Waals surface area contributed by atoms with Gasteiger partial charge in [-0.25, -0.2) is 15.4 Å². The fraction of sp³-hybridized carbons (Fsp3) is 0.167. The van der Waals surface area contributed by atoms with E-state index in [0.29, 0.717) is 23.5 Å². The number of carbonyl (C=O) groups excluding carboxylic acids is 3. The number of esters is 2. The van der Waals surface area contributed by atoms with Gasteiger partial charge < -0.3 is 19.0 Å². The SMILES string of the molecule is CCCCOc1cccc(-c2ccoc2C(=O)OC(=O)c2ccc(O)c(C#N)c2C(=O)NN)c1. The van der Waals surface area contributed by atoms with Gasteiger partial charge in [0.25, 0.3) is 5.91 Å². The van der Waals surface area contributed by atoms with Crippen molar-refractivity contribution in [2.75, 3.05) is 6.61 Å². The number of benzene rings is 2. The van der Waals surface area contributed by atoms with Crippen molar-refractivity contribution in [2.24, 2.45) is 5.84 Å². The number of phenols is 1. The highest BCUT2D eigenvalue weighted by molar-refractivity contribution is 6.11. The van der Waals surface area contributed by atoms with Crippen LogP contribution in [0.15, 0.2) is 53.1 Å². The number of aromatic hydroxyl groups is 1. The molecule has 34 heavy (non-hydrogen) atoms. The Balaban J connectivity index is 1.88. The van der Waals surface area contributed by atoms with Crippen LogP contribution in [0, 0.1) is 11.3 Å². The largest absolute Gasteiger partial charge is 0.507 e. The minimum atomic E-state index is -1.24. The number of unbranched alkanes of at least 4 members (excludes halogenated alkanes) is 1. The number of ether oxygens (including phenoxy) is 2. The highest BCUT2D eigenvalue weighted by atomic mass is 16.6. The Kier molecular flexibility index (Phi) is 7.63. The number of hydrogen-bond acceptors (Lipinski definition) is 9. The minimum Gasteiger partial charge on any atom is -0.507 e. The Bertz CT molecular complexity index is 1270. The number of nitrogen functional groups attached to an aromatic ring is 1. The highest BCUT2D eigenvalue weighted by Gasteiger charge is 2.28. The summed E-state index contributed by atoms with van der Waals surface area (Å²) in [5.41, 5.74) is 1.29. The van der Waals surface area contributed by atoms with E-state index in [-0.39, 0.29) is 5.76 Å². The third-order valence-electron chi connectivity index (χ3n) is 4.82. The van der Waals surface area contributed by atoms with Crippen LogP contribution >= 0.6 is 0 Å². The number of rotatable bonds is 8. The number of furan rings is 1. The van der Waals surface area contributed by atoms with Crippen molar-refractivity contribution in [3.63, 3.8) is 0 Å². The van der Waals surface area contributed by atoms with Crippen LogP contribution in [0.4, 0.5) is 0 Å². The normalized spacial score (nSPS) is 10.3. The molecule has 0 aliphatic heterocycles. The third-order valence-corrected chi connectivity index (χ3v) is 4.82. The van der Waals surface area contributed by atoms with Gasteiger partial charge in [-0.1, -0.05) is 25.5 Å². The topological polar surface area (TPSA) is 165 Å². The first-order valence-electron chi connectivity index (χ1n) is 10.3.